The van der Waals surface area contributed by atoms with E-state index in [2.05, 4.69) is 29.7 Å². The number of nitrogens with one attached hydrogen (secondary N) is 2. The summed E-state index contributed by atoms with van der Waals surface area (Å²) in [6.07, 6.45) is 1.01. The third-order valence-electron chi connectivity index (χ3n) is 3.48. The predicted molar refractivity (Wildman–Crippen MR) is 89.2 cm³/mol. The second-order valence-corrected chi connectivity index (χ2v) is 4.99. The zero-order valence-electron chi connectivity index (χ0n) is 13.1. The Kier molecular flexibility index (Phi) is 5.83. The van der Waals surface area contributed by atoms with Crippen molar-refractivity contribution >= 4 is 11.6 Å². The van der Waals surface area contributed by atoms with Crippen LogP contribution in [0.5, 0.6) is 5.75 Å². The highest BCUT2D eigenvalue weighted by Gasteiger charge is 2.05. The summed E-state index contributed by atoms with van der Waals surface area (Å²) in [5.41, 5.74) is 3.20. The van der Waals surface area contributed by atoms with Gasteiger partial charge in [0.15, 0.2) is 0 Å². The summed E-state index contributed by atoms with van der Waals surface area (Å²) in [6, 6.07) is 15.8. The Morgan fingerprint density at radius 2 is 1.82 bits per heavy atom. The summed E-state index contributed by atoms with van der Waals surface area (Å²) in [4.78, 5) is 11.9. The fourth-order valence-electron chi connectivity index (χ4n) is 2.15. The Bertz CT molecular complexity index is 609. The third-order valence-corrected chi connectivity index (χ3v) is 3.48. The van der Waals surface area contributed by atoms with E-state index in [0.29, 0.717) is 6.54 Å². The van der Waals surface area contributed by atoms with E-state index < -0.39 is 0 Å². The van der Waals surface area contributed by atoms with Crippen LogP contribution in [0.4, 0.5) is 5.69 Å². The molecule has 2 N–H and O–H groups in total. The van der Waals surface area contributed by atoms with Gasteiger partial charge in [-0.3, -0.25) is 4.79 Å². The standard InChI is InChI=1S/C18H22N2O2/c1-3-14-8-10-16(11-9-14)19-13-18(21)20-12-15-6-4-5-7-17(15)22-2/h4-11,19H,3,12-13H2,1-2H3,(H,20,21). The van der Waals surface area contributed by atoms with Gasteiger partial charge in [0.05, 0.1) is 13.7 Å². The van der Waals surface area contributed by atoms with Crippen LogP contribution in [0.3, 0.4) is 0 Å². The highest BCUT2D eigenvalue weighted by molar-refractivity contribution is 5.80. The number of carbonyl (C=O) groups excluding carboxylic acids is 1. The number of rotatable bonds is 7. The van der Waals surface area contributed by atoms with Gasteiger partial charge in [-0.15, -0.1) is 0 Å². The number of aryl methyl sites for hydroxylation is 1. The van der Waals surface area contributed by atoms with E-state index >= 15 is 0 Å². The van der Waals surface area contributed by atoms with Crippen LogP contribution in [0.15, 0.2) is 48.5 Å². The van der Waals surface area contributed by atoms with Crippen LogP contribution in [0.2, 0.25) is 0 Å². The number of hydrogen-bond acceptors (Lipinski definition) is 3. The second-order valence-electron chi connectivity index (χ2n) is 4.99. The van der Waals surface area contributed by atoms with E-state index in [0.717, 1.165) is 23.4 Å². The molecule has 0 bridgehead atoms. The molecule has 4 heteroatoms. The highest BCUT2D eigenvalue weighted by Crippen LogP contribution is 2.16. The molecule has 0 aliphatic rings. The molecule has 0 atom stereocenters. The van der Waals surface area contributed by atoms with Crippen LogP contribution >= 0.6 is 0 Å². The van der Waals surface area contributed by atoms with Crippen molar-refractivity contribution in [2.24, 2.45) is 0 Å². The number of hydrogen-bond donors (Lipinski definition) is 2. The van der Waals surface area contributed by atoms with Gasteiger partial charge in [-0.2, -0.15) is 0 Å². The molecule has 1 amide bonds. The van der Waals surface area contributed by atoms with Crippen LogP contribution in [-0.2, 0) is 17.8 Å². The quantitative estimate of drug-likeness (QED) is 0.826. The normalized spacial score (nSPS) is 10.1. The minimum Gasteiger partial charge on any atom is -0.496 e. The zero-order valence-corrected chi connectivity index (χ0v) is 13.1. The Morgan fingerprint density at radius 3 is 2.50 bits per heavy atom. The van der Waals surface area contributed by atoms with E-state index in [1.807, 2.05) is 36.4 Å². The van der Waals surface area contributed by atoms with Gasteiger partial charge in [0.25, 0.3) is 0 Å². The monoisotopic (exact) mass is 298 g/mol. The van der Waals surface area contributed by atoms with Gasteiger partial charge in [-0.25, -0.2) is 0 Å². The van der Waals surface area contributed by atoms with Crippen molar-refractivity contribution in [1.29, 1.82) is 0 Å². The van der Waals surface area contributed by atoms with E-state index in [-0.39, 0.29) is 12.5 Å². The Balaban J connectivity index is 1.80. The predicted octanol–water partition coefficient (Wildman–Crippen LogP) is 2.99. The first-order valence-corrected chi connectivity index (χ1v) is 7.44. The van der Waals surface area contributed by atoms with Gasteiger partial charge in [-0.1, -0.05) is 37.3 Å². The highest BCUT2D eigenvalue weighted by atomic mass is 16.5. The van der Waals surface area contributed by atoms with Gasteiger partial charge in [0.1, 0.15) is 5.75 Å². The molecule has 22 heavy (non-hydrogen) atoms. The lowest BCUT2D eigenvalue weighted by atomic mass is 10.1. The largest absolute Gasteiger partial charge is 0.496 e. The molecular formula is C18H22N2O2. The fourth-order valence-corrected chi connectivity index (χ4v) is 2.15. The molecule has 116 valence electrons. The van der Waals surface area contributed by atoms with E-state index in [1.54, 1.807) is 7.11 Å². The number of benzene rings is 2. The summed E-state index contributed by atoms with van der Waals surface area (Å²) in [5, 5.41) is 6.00. The molecule has 0 radical (unpaired) electrons. The first-order chi connectivity index (χ1) is 10.7. The number of amides is 1. The summed E-state index contributed by atoms with van der Waals surface area (Å²) >= 11 is 0. The van der Waals surface area contributed by atoms with Crippen LogP contribution in [-0.4, -0.2) is 19.6 Å². The van der Waals surface area contributed by atoms with Gasteiger partial charge >= 0.3 is 0 Å². The topological polar surface area (TPSA) is 50.4 Å². The maximum atomic E-state index is 11.9. The fraction of sp³-hybridized carbons (Fsp3) is 0.278. The van der Waals surface area contributed by atoms with Crippen molar-refractivity contribution in [3.63, 3.8) is 0 Å². The molecule has 0 saturated carbocycles. The summed E-state index contributed by atoms with van der Waals surface area (Å²) in [6.45, 7) is 2.83. The van der Waals surface area contributed by atoms with Crippen molar-refractivity contribution in [3.05, 3.63) is 59.7 Å². The first-order valence-electron chi connectivity index (χ1n) is 7.44. The SMILES string of the molecule is CCc1ccc(NCC(=O)NCc2ccccc2OC)cc1. The number of methoxy groups -OCH3 is 1. The summed E-state index contributed by atoms with van der Waals surface area (Å²) in [5.74, 6) is 0.733. The van der Waals surface area contributed by atoms with Crippen molar-refractivity contribution < 1.29 is 9.53 Å². The van der Waals surface area contributed by atoms with Gasteiger partial charge < -0.3 is 15.4 Å². The van der Waals surface area contributed by atoms with Gasteiger partial charge in [-0.05, 0) is 30.2 Å². The van der Waals surface area contributed by atoms with Gasteiger partial charge in [0.2, 0.25) is 5.91 Å². The average molecular weight is 298 g/mol. The smallest absolute Gasteiger partial charge is 0.239 e. The molecule has 0 aromatic heterocycles. The zero-order chi connectivity index (χ0) is 15.8. The maximum Gasteiger partial charge on any atom is 0.239 e. The molecular weight excluding hydrogens is 276 g/mol. The minimum atomic E-state index is -0.0505. The lowest BCUT2D eigenvalue weighted by Crippen LogP contribution is -2.29. The number of para-hydroxylation sites is 1. The Hall–Kier alpha value is -2.49. The lowest BCUT2D eigenvalue weighted by molar-refractivity contribution is -0.119. The van der Waals surface area contributed by atoms with E-state index in [9.17, 15) is 4.79 Å². The third kappa shape index (κ3) is 4.52. The van der Waals surface area contributed by atoms with Crippen molar-refractivity contribution in [2.45, 2.75) is 19.9 Å². The van der Waals surface area contributed by atoms with Crippen LogP contribution in [0.1, 0.15) is 18.1 Å². The van der Waals surface area contributed by atoms with E-state index in [4.69, 9.17) is 4.74 Å². The van der Waals surface area contributed by atoms with E-state index in [1.165, 1.54) is 5.56 Å². The van der Waals surface area contributed by atoms with Crippen LogP contribution in [0, 0.1) is 0 Å². The number of carbonyl (C=O) groups is 1. The molecule has 2 aromatic carbocycles. The molecule has 0 spiro atoms. The maximum absolute atomic E-state index is 11.9. The van der Waals surface area contributed by atoms with Crippen LogP contribution in [0.25, 0.3) is 0 Å². The summed E-state index contributed by atoms with van der Waals surface area (Å²) < 4.78 is 5.26. The number of anilines is 1. The molecule has 2 rings (SSSR count). The molecule has 0 saturated heterocycles. The van der Waals surface area contributed by atoms with Crippen LogP contribution < -0.4 is 15.4 Å². The Morgan fingerprint density at radius 1 is 1.09 bits per heavy atom. The molecule has 0 fully saturated rings. The first kappa shape index (κ1) is 15.9. The van der Waals surface area contributed by atoms with Crippen molar-refractivity contribution in [3.8, 4) is 5.75 Å². The second kappa shape index (κ2) is 8.08. The van der Waals surface area contributed by atoms with Crippen molar-refractivity contribution in [1.82, 2.24) is 5.32 Å². The average Bonchev–Trinajstić information content (AvgIpc) is 2.58. The molecule has 0 aliphatic heterocycles. The van der Waals surface area contributed by atoms with Gasteiger partial charge in [0, 0.05) is 17.8 Å². The van der Waals surface area contributed by atoms with Crippen molar-refractivity contribution in [2.75, 3.05) is 19.0 Å². The molecule has 2 aromatic rings. The molecule has 0 unspecified atom stereocenters. The number of ether oxygens (including phenoxy) is 1. The molecule has 0 aliphatic carbocycles. The lowest BCUT2D eigenvalue weighted by Gasteiger charge is -2.10. The Labute approximate surface area is 131 Å². The minimum absolute atomic E-state index is 0.0505. The molecule has 4 nitrogen and oxygen atoms in total. The molecule has 0 heterocycles. The summed E-state index contributed by atoms with van der Waals surface area (Å²) in [7, 11) is 1.63.